The number of carbonyl (C=O) groups excluding carboxylic acids is 1. The number of hydrogen-bond donors (Lipinski definition) is 3. The lowest BCUT2D eigenvalue weighted by molar-refractivity contribution is -0.123. The quantitative estimate of drug-likeness (QED) is 0.564. The Bertz CT molecular complexity index is 1180. The number of anilines is 4. The number of amides is 1. The molecule has 1 spiro atoms. The van der Waals surface area contributed by atoms with Crippen LogP contribution in [0, 0.1) is 0 Å². The Kier molecular flexibility index (Phi) is 6.24. The number of piperazine rings is 2. The topological polar surface area (TPSA) is 110 Å². The zero-order chi connectivity index (χ0) is 25.6. The highest BCUT2D eigenvalue weighted by Crippen LogP contribution is 2.43. The van der Waals surface area contributed by atoms with Gasteiger partial charge in [-0.05, 0) is 38.8 Å². The monoisotopic (exact) mass is 504 g/mol. The molecule has 2 saturated heterocycles. The predicted molar refractivity (Wildman–Crippen MR) is 144 cm³/mol. The van der Waals surface area contributed by atoms with Crippen LogP contribution in [0.1, 0.15) is 45.1 Å². The molecule has 1 saturated carbocycles. The van der Waals surface area contributed by atoms with Crippen LogP contribution >= 0.6 is 0 Å². The summed E-state index contributed by atoms with van der Waals surface area (Å²) in [7, 11) is 0. The minimum Gasteiger partial charge on any atom is -0.392 e. The molecule has 3 aliphatic heterocycles. The highest BCUT2D eigenvalue weighted by molar-refractivity contribution is 5.93. The van der Waals surface area contributed by atoms with E-state index in [1.807, 2.05) is 37.5 Å². The van der Waals surface area contributed by atoms with Crippen LogP contribution in [0.3, 0.4) is 0 Å². The summed E-state index contributed by atoms with van der Waals surface area (Å²) in [6.45, 7) is 8.13. The Morgan fingerprint density at radius 2 is 2.05 bits per heavy atom. The summed E-state index contributed by atoms with van der Waals surface area (Å²) in [6.07, 6.45) is 11.8. The number of aromatic nitrogens is 3. The molecule has 3 atom stereocenters. The lowest BCUT2D eigenvalue weighted by Crippen LogP contribution is -2.67. The van der Waals surface area contributed by atoms with Crippen LogP contribution < -0.4 is 20.4 Å². The number of nitrogens with one attached hydrogen (secondary N) is 2. The van der Waals surface area contributed by atoms with Gasteiger partial charge in [-0.2, -0.15) is 4.98 Å². The van der Waals surface area contributed by atoms with Crippen LogP contribution in [0.4, 0.5) is 23.3 Å². The molecule has 2 aromatic heterocycles. The Labute approximate surface area is 217 Å². The molecule has 0 radical (unpaired) electrons. The Balaban J connectivity index is 1.18. The van der Waals surface area contributed by atoms with Crippen molar-refractivity contribution in [2.45, 2.75) is 63.3 Å². The number of β-amino-alcohol motifs (C(OH)–C–C–N with tert-alkyl or cyclic N) is 1. The maximum atomic E-state index is 12.7. The first kappa shape index (κ1) is 24.1. The van der Waals surface area contributed by atoms with E-state index in [0.29, 0.717) is 30.9 Å². The Morgan fingerprint density at radius 3 is 2.78 bits per heavy atom. The summed E-state index contributed by atoms with van der Waals surface area (Å²) >= 11 is 0. The van der Waals surface area contributed by atoms with Gasteiger partial charge in [0.2, 0.25) is 11.9 Å². The summed E-state index contributed by atoms with van der Waals surface area (Å²) in [5.41, 5.74) is 1.94. The lowest BCUT2D eigenvalue weighted by Gasteiger charge is -2.50. The maximum Gasteiger partial charge on any atom is 0.246 e. The third-order valence-electron chi connectivity index (χ3n) is 8.28. The average molecular weight is 505 g/mol. The van der Waals surface area contributed by atoms with Crippen LogP contribution in [0.25, 0.3) is 6.08 Å². The SMILES string of the molecule is C[C@@H](O)CN1CCN(c2ccc(Nc3ncc4c(n3)N3C(C=C4)C(=O)NCC34CCCC4)nc2)C[C@@H]1C. The van der Waals surface area contributed by atoms with Gasteiger partial charge in [0.25, 0.3) is 0 Å². The van der Waals surface area contributed by atoms with Crippen LogP contribution in [0.5, 0.6) is 0 Å². The summed E-state index contributed by atoms with van der Waals surface area (Å²) in [5.74, 6) is 2.01. The summed E-state index contributed by atoms with van der Waals surface area (Å²) < 4.78 is 0. The van der Waals surface area contributed by atoms with Crippen molar-refractivity contribution in [1.82, 2.24) is 25.2 Å². The van der Waals surface area contributed by atoms with E-state index in [-0.39, 0.29) is 23.6 Å². The van der Waals surface area contributed by atoms with Gasteiger partial charge >= 0.3 is 0 Å². The van der Waals surface area contributed by atoms with Gasteiger partial charge in [-0.25, -0.2) is 9.97 Å². The van der Waals surface area contributed by atoms with Gasteiger partial charge in [0.1, 0.15) is 17.7 Å². The highest BCUT2D eigenvalue weighted by atomic mass is 16.3. The normalized spacial score (nSPS) is 25.5. The molecule has 0 bridgehead atoms. The van der Waals surface area contributed by atoms with E-state index in [1.165, 1.54) is 12.8 Å². The summed E-state index contributed by atoms with van der Waals surface area (Å²) in [6, 6.07) is 4.07. The average Bonchev–Trinajstić information content (AvgIpc) is 3.36. The van der Waals surface area contributed by atoms with E-state index in [9.17, 15) is 9.90 Å². The van der Waals surface area contributed by atoms with E-state index in [0.717, 1.165) is 49.5 Å². The van der Waals surface area contributed by atoms with Crippen molar-refractivity contribution in [3.8, 4) is 0 Å². The van der Waals surface area contributed by atoms with Gasteiger partial charge in [0.15, 0.2) is 0 Å². The van der Waals surface area contributed by atoms with Crippen molar-refractivity contribution in [2.75, 3.05) is 47.8 Å². The van der Waals surface area contributed by atoms with Gasteiger partial charge in [0.05, 0.1) is 23.5 Å². The van der Waals surface area contributed by atoms with Crippen molar-refractivity contribution in [3.05, 3.63) is 36.2 Å². The molecular weight excluding hydrogens is 468 g/mol. The number of rotatable bonds is 5. The minimum absolute atomic E-state index is 0.0332. The maximum absolute atomic E-state index is 12.7. The summed E-state index contributed by atoms with van der Waals surface area (Å²) in [4.78, 5) is 33.7. The number of nitrogens with zero attached hydrogens (tertiary/aromatic N) is 6. The van der Waals surface area contributed by atoms with Gasteiger partial charge in [0, 0.05) is 50.5 Å². The fourth-order valence-corrected chi connectivity index (χ4v) is 6.38. The Hall–Kier alpha value is -3.24. The molecule has 6 rings (SSSR count). The molecule has 1 amide bonds. The zero-order valence-electron chi connectivity index (χ0n) is 21.6. The van der Waals surface area contributed by atoms with E-state index in [2.05, 4.69) is 48.3 Å². The molecule has 1 aliphatic carbocycles. The minimum atomic E-state index is -0.331. The first-order chi connectivity index (χ1) is 17.9. The van der Waals surface area contributed by atoms with Gasteiger partial charge in [-0.1, -0.05) is 25.0 Å². The van der Waals surface area contributed by atoms with E-state index in [4.69, 9.17) is 4.98 Å². The molecule has 196 valence electrons. The third kappa shape index (κ3) is 4.53. The van der Waals surface area contributed by atoms with E-state index < -0.39 is 0 Å². The fraction of sp³-hybridized carbons (Fsp3) is 0.556. The molecule has 5 heterocycles. The van der Waals surface area contributed by atoms with Gasteiger partial charge < -0.3 is 25.5 Å². The second-order valence-corrected chi connectivity index (χ2v) is 11.0. The molecule has 0 aromatic carbocycles. The molecule has 3 N–H and O–H groups in total. The molecule has 3 fully saturated rings. The molecule has 10 nitrogen and oxygen atoms in total. The third-order valence-corrected chi connectivity index (χ3v) is 8.28. The molecular formula is C27H36N8O2. The number of pyridine rings is 1. The molecule has 37 heavy (non-hydrogen) atoms. The molecule has 10 heteroatoms. The second-order valence-electron chi connectivity index (χ2n) is 11.0. The lowest BCUT2D eigenvalue weighted by atomic mass is 9.87. The van der Waals surface area contributed by atoms with Crippen LogP contribution in [0.2, 0.25) is 0 Å². The molecule has 4 aliphatic rings. The van der Waals surface area contributed by atoms with Gasteiger partial charge in [-0.15, -0.1) is 0 Å². The first-order valence-corrected chi connectivity index (χ1v) is 13.4. The highest BCUT2D eigenvalue weighted by Gasteiger charge is 2.50. The molecule has 1 unspecified atom stereocenters. The van der Waals surface area contributed by atoms with Gasteiger partial charge in [-0.3, -0.25) is 9.69 Å². The number of hydrogen-bond acceptors (Lipinski definition) is 9. The first-order valence-electron chi connectivity index (χ1n) is 13.4. The van der Waals surface area contributed by atoms with Crippen LogP contribution in [-0.4, -0.2) is 87.3 Å². The van der Waals surface area contributed by atoms with Crippen molar-refractivity contribution in [1.29, 1.82) is 0 Å². The number of carbonyl (C=O) groups is 1. The number of aliphatic hydroxyl groups is 1. The van der Waals surface area contributed by atoms with E-state index >= 15 is 0 Å². The van der Waals surface area contributed by atoms with Crippen LogP contribution in [-0.2, 0) is 4.79 Å². The zero-order valence-corrected chi connectivity index (χ0v) is 21.6. The van der Waals surface area contributed by atoms with Crippen molar-refractivity contribution in [3.63, 3.8) is 0 Å². The smallest absolute Gasteiger partial charge is 0.246 e. The van der Waals surface area contributed by atoms with Crippen LogP contribution in [0.15, 0.2) is 30.6 Å². The van der Waals surface area contributed by atoms with Crippen molar-refractivity contribution < 1.29 is 9.90 Å². The fourth-order valence-electron chi connectivity index (χ4n) is 6.38. The summed E-state index contributed by atoms with van der Waals surface area (Å²) in [5, 5.41) is 16.1. The predicted octanol–water partition coefficient (Wildman–Crippen LogP) is 2.15. The van der Waals surface area contributed by atoms with Crippen molar-refractivity contribution in [2.24, 2.45) is 0 Å². The van der Waals surface area contributed by atoms with E-state index in [1.54, 1.807) is 0 Å². The largest absolute Gasteiger partial charge is 0.392 e. The Morgan fingerprint density at radius 1 is 1.22 bits per heavy atom. The second kappa shape index (κ2) is 9.57. The van der Waals surface area contributed by atoms with Crippen molar-refractivity contribution >= 4 is 35.3 Å². The number of aliphatic hydroxyl groups excluding tert-OH is 1. The molecule has 2 aromatic rings. The standard InChI is InChI=1S/C27H36N8O2/c1-18-15-34(12-11-33(18)16-19(2)36)21-6-8-23(28-14-21)31-26-29-13-20-5-7-22-25(37)30-17-27(9-3-4-10-27)35(22)24(20)32-26/h5-8,13-14,18-19,22,36H,3-4,9-12,15-17H2,1-2H3,(H,30,37)(H,28,29,31,32)/t18-,19+,22?/m0/s1. The number of fused-ring (bicyclic) bond motifs is 4.